The first-order chi connectivity index (χ1) is 10.2. The van der Waals surface area contributed by atoms with E-state index in [-0.39, 0.29) is 11.9 Å². The Morgan fingerprint density at radius 3 is 2.33 bits per heavy atom. The first-order valence-electron chi connectivity index (χ1n) is 7.72. The lowest BCUT2D eigenvalue weighted by molar-refractivity contribution is -0.114. The second-order valence-corrected chi connectivity index (χ2v) is 5.72. The van der Waals surface area contributed by atoms with Gasteiger partial charge in [-0.05, 0) is 30.5 Å². The topological polar surface area (TPSA) is 64.9 Å². The average molecular weight is 285 g/mol. The minimum atomic E-state index is -0.278. The van der Waals surface area contributed by atoms with E-state index in [0.29, 0.717) is 6.04 Å². The maximum Gasteiger partial charge on any atom is 0.221 e. The molecule has 0 spiro atoms. The Kier molecular flexibility index (Phi) is 5.77. The molecule has 1 fully saturated rings. The third-order valence-electron chi connectivity index (χ3n) is 3.95. The summed E-state index contributed by atoms with van der Waals surface area (Å²) in [7, 11) is 0. The van der Waals surface area contributed by atoms with E-state index in [2.05, 4.69) is 16.7 Å². The zero-order valence-electron chi connectivity index (χ0n) is 12.6. The summed E-state index contributed by atoms with van der Waals surface area (Å²) in [5, 5.41) is 15.6. The molecule has 1 aromatic rings. The fraction of sp³-hybridized carbons (Fsp3) is 0.529. The highest BCUT2D eigenvalue weighted by Crippen LogP contribution is 2.22. The normalized spacial score (nSPS) is 17.5. The van der Waals surface area contributed by atoms with Crippen molar-refractivity contribution >= 4 is 11.6 Å². The van der Waals surface area contributed by atoms with Crippen molar-refractivity contribution in [2.24, 2.45) is 0 Å². The van der Waals surface area contributed by atoms with Crippen molar-refractivity contribution in [2.45, 2.75) is 57.5 Å². The van der Waals surface area contributed by atoms with Gasteiger partial charge in [-0.15, -0.1) is 0 Å². The van der Waals surface area contributed by atoms with Gasteiger partial charge < -0.3 is 5.32 Å². The molecule has 4 heteroatoms. The van der Waals surface area contributed by atoms with Crippen molar-refractivity contribution in [3.8, 4) is 6.07 Å². The Balaban J connectivity index is 1.99. The summed E-state index contributed by atoms with van der Waals surface area (Å²) in [6.07, 6.45) is 7.42. The van der Waals surface area contributed by atoms with E-state index in [1.807, 2.05) is 24.3 Å². The smallest absolute Gasteiger partial charge is 0.221 e. The predicted molar refractivity (Wildman–Crippen MR) is 83.7 cm³/mol. The standard InChI is InChI=1S/C17H23N3O/c1-13(21)19-16-10-8-14(9-11-16)17(12-18)20-15-6-4-2-3-5-7-15/h8-11,15,17,20H,2-7H2,1H3,(H,19,21). The third-order valence-corrected chi connectivity index (χ3v) is 3.95. The van der Waals surface area contributed by atoms with Gasteiger partial charge in [-0.3, -0.25) is 10.1 Å². The number of anilines is 1. The number of nitrogens with zero attached hydrogens (tertiary/aromatic N) is 1. The van der Waals surface area contributed by atoms with E-state index in [0.717, 1.165) is 24.1 Å². The molecule has 0 bridgehead atoms. The molecule has 112 valence electrons. The van der Waals surface area contributed by atoms with Gasteiger partial charge in [0, 0.05) is 18.7 Å². The monoisotopic (exact) mass is 285 g/mol. The van der Waals surface area contributed by atoms with Crippen LogP contribution in [0.5, 0.6) is 0 Å². The number of benzene rings is 1. The number of rotatable bonds is 4. The molecule has 21 heavy (non-hydrogen) atoms. The second kappa shape index (κ2) is 7.80. The molecular formula is C17H23N3O. The molecule has 1 aromatic carbocycles. The molecule has 0 heterocycles. The largest absolute Gasteiger partial charge is 0.326 e. The molecule has 0 aromatic heterocycles. The van der Waals surface area contributed by atoms with Crippen LogP contribution in [0.1, 0.15) is 57.1 Å². The van der Waals surface area contributed by atoms with Gasteiger partial charge in [-0.25, -0.2) is 0 Å². The van der Waals surface area contributed by atoms with E-state index in [1.54, 1.807) is 0 Å². The summed E-state index contributed by atoms with van der Waals surface area (Å²) in [6.45, 7) is 1.49. The molecule has 2 N–H and O–H groups in total. The Morgan fingerprint density at radius 2 is 1.81 bits per heavy atom. The summed E-state index contributed by atoms with van der Waals surface area (Å²) in [6, 6.07) is 10.0. The molecule has 1 amide bonds. The molecule has 2 rings (SSSR count). The number of carbonyl (C=O) groups is 1. The molecule has 1 unspecified atom stereocenters. The van der Waals surface area contributed by atoms with E-state index < -0.39 is 0 Å². The zero-order valence-corrected chi connectivity index (χ0v) is 12.6. The fourth-order valence-electron chi connectivity index (χ4n) is 2.85. The van der Waals surface area contributed by atoms with Crippen molar-refractivity contribution in [1.29, 1.82) is 5.26 Å². The maximum atomic E-state index is 11.0. The highest BCUT2D eigenvalue weighted by atomic mass is 16.1. The average Bonchev–Trinajstić information content (AvgIpc) is 2.74. The number of carbonyl (C=O) groups excluding carboxylic acids is 1. The maximum absolute atomic E-state index is 11.0. The van der Waals surface area contributed by atoms with Crippen LogP contribution >= 0.6 is 0 Å². The lowest BCUT2D eigenvalue weighted by Crippen LogP contribution is -2.31. The van der Waals surface area contributed by atoms with Crippen LogP contribution in [0.4, 0.5) is 5.69 Å². The molecule has 4 nitrogen and oxygen atoms in total. The lowest BCUT2D eigenvalue weighted by Gasteiger charge is -2.20. The van der Waals surface area contributed by atoms with Gasteiger partial charge >= 0.3 is 0 Å². The van der Waals surface area contributed by atoms with E-state index in [9.17, 15) is 10.1 Å². The molecular weight excluding hydrogens is 262 g/mol. The number of amides is 1. The molecule has 1 aliphatic rings. The second-order valence-electron chi connectivity index (χ2n) is 5.72. The van der Waals surface area contributed by atoms with Crippen LogP contribution in [0.2, 0.25) is 0 Å². The van der Waals surface area contributed by atoms with Crippen LogP contribution in [0, 0.1) is 11.3 Å². The molecule has 0 aliphatic heterocycles. The third kappa shape index (κ3) is 4.87. The summed E-state index contributed by atoms with van der Waals surface area (Å²) < 4.78 is 0. The minimum Gasteiger partial charge on any atom is -0.326 e. The van der Waals surface area contributed by atoms with Crippen molar-refractivity contribution in [2.75, 3.05) is 5.32 Å². The summed E-state index contributed by atoms with van der Waals surface area (Å²) >= 11 is 0. The van der Waals surface area contributed by atoms with Crippen LogP contribution in [-0.4, -0.2) is 11.9 Å². The molecule has 0 saturated heterocycles. The first-order valence-corrected chi connectivity index (χ1v) is 7.72. The van der Waals surface area contributed by atoms with Gasteiger partial charge in [0.2, 0.25) is 5.91 Å². The number of hydrogen-bond acceptors (Lipinski definition) is 3. The molecule has 1 aliphatic carbocycles. The Bertz CT molecular complexity index is 496. The van der Waals surface area contributed by atoms with Crippen LogP contribution in [0.15, 0.2) is 24.3 Å². The van der Waals surface area contributed by atoms with Gasteiger partial charge in [0.15, 0.2) is 0 Å². The Hall–Kier alpha value is -1.86. The van der Waals surface area contributed by atoms with Crippen LogP contribution < -0.4 is 10.6 Å². The summed E-state index contributed by atoms with van der Waals surface area (Å²) in [4.78, 5) is 11.0. The van der Waals surface area contributed by atoms with Gasteiger partial charge in [0.1, 0.15) is 6.04 Å². The van der Waals surface area contributed by atoms with E-state index in [1.165, 1.54) is 32.6 Å². The van der Waals surface area contributed by atoms with Crippen molar-refractivity contribution in [3.05, 3.63) is 29.8 Å². The molecule has 1 atom stereocenters. The quantitative estimate of drug-likeness (QED) is 0.832. The van der Waals surface area contributed by atoms with Crippen molar-refractivity contribution < 1.29 is 4.79 Å². The summed E-state index contributed by atoms with van der Waals surface area (Å²) in [5.41, 5.74) is 1.72. The highest BCUT2D eigenvalue weighted by molar-refractivity contribution is 5.88. The number of nitrogens with one attached hydrogen (secondary N) is 2. The van der Waals surface area contributed by atoms with Crippen molar-refractivity contribution in [3.63, 3.8) is 0 Å². The summed E-state index contributed by atoms with van der Waals surface area (Å²) in [5.74, 6) is -0.0869. The number of nitriles is 1. The lowest BCUT2D eigenvalue weighted by atomic mass is 10.0. The van der Waals surface area contributed by atoms with E-state index in [4.69, 9.17) is 0 Å². The minimum absolute atomic E-state index is 0.0869. The fourth-order valence-corrected chi connectivity index (χ4v) is 2.85. The Morgan fingerprint density at radius 1 is 1.19 bits per heavy atom. The molecule has 1 saturated carbocycles. The predicted octanol–water partition coefficient (Wildman–Crippen LogP) is 3.52. The van der Waals surface area contributed by atoms with Gasteiger partial charge in [-0.1, -0.05) is 37.8 Å². The van der Waals surface area contributed by atoms with E-state index >= 15 is 0 Å². The van der Waals surface area contributed by atoms with Gasteiger partial charge in [-0.2, -0.15) is 5.26 Å². The number of hydrogen-bond donors (Lipinski definition) is 2. The van der Waals surface area contributed by atoms with Crippen LogP contribution in [-0.2, 0) is 4.79 Å². The SMILES string of the molecule is CC(=O)Nc1ccc(C(C#N)NC2CCCCCC2)cc1. The van der Waals surface area contributed by atoms with Gasteiger partial charge in [0.05, 0.1) is 6.07 Å². The first kappa shape index (κ1) is 15.5. The zero-order chi connectivity index (χ0) is 15.1. The Labute approximate surface area is 126 Å². The van der Waals surface area contributed by atoms with Crippen molar-refractivity contribution in [1.82, 2.24) is 5.32 Å². The van der Waals surface area contributed by atoms with Crippen LogP contribution in [0.3, 0.4) is 0 Å². The van der Waals surface area contributed by atoms with Crippen LogP contribution in [0.25, 0.3) is 0 Å². The highest BCUT2D eigenvalue weighted by Gasteiger charge is 2.18. The van der Waals surface area contributed by atoms with Gasteiger partial charge in [0.25, 0.3) is 0 Å². The molecule has 0 radical (unpaired) electrons.